The monoisotopic (exact) mass is 462 g/mol. The van der Waals surface area contributed by atoms with Crippen LogP contribution in [-0.2, 0) is 16.1 Å². The first-order valence-corrected chi connectivity index (χ1v) is 10.5. The molecule has 1 aliphatic carbocycles. The van der Waals surface area contributed by atoms with E-state index in [0.717, 1.165) is 5.01 Å². The van der Waals surface area contributed by atoms with Crippen LogP contribution in [0.4, 0.5) is 0 Å². The van der Waals surface area contributed by atoms with Crippen molar-refractivity contribution in [1.29, 1.82) is 0 Å². The average molecular weight is 464 g/mol. The van der Waals surface area contributed by atoms with Gasteiger partial charge in [0.1, 0.15) is 0 Å². The van der Waals surface area contributed by atoms with Gasteiger partial charge in [-0.25, -0.2) is 5.01 Å². The van der Waals surface area contributed by atoms with Crippen molar-refractivity contribution in [1.82, 2.24) is 10.0 Å². The fraction of sp³-hybridized carbons (Fsp3) is 0.227. The highest BCUT2D eigenvalue weighted by Crippen LogP contribution is 2.37. The van der Waals surface area contributed by atoms with Crippen molar-refractivity contribution in [2.75, 3.05) is 0 Å². The van der Waals surface area contributed by atoms with Crippen LogP contribution in [0.25, 0.3) is 0 Å². The lowest BCUT2D eigenvalue weighted by atomic mass is 9.85. The molecule has 1 fully saturated rings. The van der Waals surface area contributed by atoms with Gasteiger partial charge in [0, 0.05) is 10.6 Å². The number of allylic oxidation sites excluding steroid dienone is 2. The highest BCUT2D eigenvalue weighted by atomic mass is 35.5. The molecule has 8 heteroatoms. The van der Waals surface area contributed by atoms with Gasteiger partial charge < -0.3 is 0 Å². The zero-order valence-corrected chi connectivity index (χ0v) is 18.0. The average Bonchev–Trinajstić information content (AvgIpc) is 2.99. The van der Waals surface area contributed by atoms with Crippen molar-refractivity contribution in [2.45, 2.75) is 19.4 Å². The number of hydrogen-bond donors (Lipinski definition) is 0. The van der Waals surface area contributed by atoms with Crippen LogP contribution in [0.2, 0.25) is 15.1 Å². The molecule has 0 bridgehead atoms. The van der Waals surface area contributed by atoms with Crippen LogP contribution in [0.3, 0.4) is 0 Å². The number of benzene rings is 2. The minimum Gasteiger partial charge on any atom is -0.272 e. The molecule has 1 saturated heterocycles. The summed E-state index contributed by atoms with van der Waals surface area (Å²) in [5.41, 5.74) is 0.952. The molecule has 30 heavy (non-hydrogen) atoms. The van der Waals surface area contributed by atoms with E-state index in [1.165, 1.54) is 5.01 Å². The van der Waals surface area contributed by atoms with E-state index in [9.17, 15) is 14.4 Å². The Labute approximate surface area is 188 Å². The van der Waals surface area contributed by atoms with E-state index in [4.69, 9.17) is 34.8 Å². The summed E-state index contributed by atoms with van der Waals surface area (Å²) in [5.74, 6) is -2.10. The molecular formula is C22H17Cl3N2O3. The Kier molecular flexibility index (Phi) is 5.87. The third kappa shape index (κ3) is 3.85. The van der Waals surface area contributed by atoms with Gasteiger partial charge in [-0.2, -0.15) is 5.01 Å². The van der Waals surface area contributed by atoms with Crippen molar-refractivity contribution in [3.63, 3.8) is 0 Å². The number of nitrogens with zero attached hydrogens (tertiary/aromatic N) is 2. The molecule has 2 aromatic rings. The Balaban J connectivity index is 1.72. The molecule has 0 aromatic heterocycles. The van der Waals surface area contributed by atoms with Crippen LogP contribution in [0.1, 0.15) is 28.8 Å². The second kappa shape index (κ2) is 8.42. The standard InChI is InChI=1S/C22H17Cl3N2O3/c23-15-8-6-14(7-9-15)20(28)26(12-13-5-10-18(24)19(25)11-13)27-21(29)16-3-1-2-4-17(16)22(27)30/h1-2,5-11,16-17H,3-4,12H2. The fourth-order valence-corrected chi connectivity index (χ4v) is 4.25. The van der Waals surface area contributed by atoms with Crippen molar-refractivity contribution in [3.05, 3.63) is 80.8 Å². The van der Waals surface area contributed by atoms with Crippen LogP contribution >= 0.6 is 34.8 Å². The van der Waals surface area contributed by atoms with E-state index in [2.05, 4.69) is 0 Å². The van der Waals surface area contributed by atoms with Gasteiger partial charge in [-0.3, -0.25) is 14.4 Å². The number of rotatable bonds is 4. The summed E-state index contributed by atoms with van der Waals surface area (Å²) in [6.07, 6.45) is 4.78. The summed E-state index contributed by atoms with van der Waals surface area (Å²) < 4.78 is 0. The molecule has 1 heterocycles. The maximum Gasteiger partial charge on any atom is 0.273 e. The molecule has 5 nitrogen and oxygen atoms in total. The van der Waals surface area contributed by atoms with Crippen molar-refractivity contribution < 1.29 is 14.4 Å². The quantitative estimate of drug-likeness (QED) is 0.465. The van der Waals surface area contributed by atoms with E-state index in [-0.39, 0.29) is 18.4 Å². The van der Waals surface area contributed by atoms with E-state index < -0.39 is 17.7 Å². The van der Waals surface area contributed by atoms with E-state index in [1.807, 2.05) is 12.2 Å². The zero-order chi connectivity index (χ0) is 21.4. The first-order chi connectivity index (χ1) is 14.4. The number of hydrogen-bond acceptors (Lipinski definition) is 3. The van der Waals surface area contributed by atoms with Gasteiger partial charge in [0.05, 0.1) is 28.4 Å². The fourth-order valence-electron chi connectivity index (χ4n) is 3.81. The molecule has 2 aromatic carbocycles. The lowest BCUT2D eigenvalue weighted by Crippen LogP contribution is -2.49. The second-order valence-electron chi connectivity index (χ2n) is 7.26. The molecule has 2 unspecified atom stereocenters. The Bertz CT molecular complexity index is 1030. The molecule has 1 aliphatic heterocycles. The normalized spacial score (nSPS) is 20.4. The Morgan fingerprint density at radius 1 is 0.900 bits per heavy atom. The first kappa shape index (κ1) is 20.9. The number of imide groups is 1. The predicted molar refractivity (Wildman–Crippen MR) is 115 cm³/mol. The summed E-state index contributed by atoms with van der Waals surface area (Å²) in [7, 11) is 0. The first-order valence-electron chi connectivity index (χ1n) is 9.41. The second-order valence-corrected chi connectivity index (χ2v) is 8.51. The highest BCUT2D eigenvalue weighted by Gasteiger charge is 2.50. The predicted octanol–water partition coefficient (Wildman–Crippen LogP) is 5.16. The molecule has 2 atom stereocenters. The van der Waals surface area contributed by atoms with E-state index >= 15 is 0 Å². The lowest BCUT2D eigenvalue weighted by Gasteiger charge is -2.30. The van der Waals surface area contributed by atoms with Crippen LogP contribution in [0, 0.1) is 11.8 Å². The zero-order valence-electron chi connectivity index (χ0n) is 15.7. The molecule has 0 N–H and O–H groups in total. The number of hydrazine groups is 1. The Hall–Kier alpha value is -2.34. The number of carbonyl (C=O) groups excluding carboxylic acids is 3. The minimum atomic E-state index is -0.481. The summed E-state index contributed by atoms with van der Waals surface area (Å²) >= 11 is 18.1. The van der Waals surface area contributed by atoms with Gasteiger partial charge in [0.2, 0.25) is 0 Å². The molecule has 3 amide bonds. The van der Waals surface area contributed by atoms with Crippen molar-refractivity contribution >= 4 is 52.5 Å². The number of halogens is 3. The van der Waals surface area contributed by atoms with Gasteiger partial charge in [0.25, 0.3) is 17.7 Å². The molecule has 0 radical (unpaired) electrons. The van der Waals surface area contributed by atoms with Crippen LogP contribution in [-0.4, -0.2) is 27.7 Å². The van der Waals surface area contributed by atoms with Gasteiger partial charge in [-0.15, -0.1) is 0 Å². The Morgan fingerprint density at radius 3 is 2.07 bits per heavy atom. The van der Waals surface area contributed by atoms with Gasteiger partial charge in [-0.05, 0) is 54.8 Å². The van der Waals surface area contributed by atoms with Crippen LogP contribution in [0.5, 0.6) is 0 Å². The highest BCUT2D eigenvalue weighted by molar-refractivity contribution is 6.42. The minimum absolute atomic E-state index is 0.0112. The maximum atomic E-state index is 13.4. The molecule has 154 valence electrons. The van der Waals surface area contributed by atoms with Crippen LogP contribution in [0.15, 0.2) is 54.6 Å². The lowest BCUT2D eigenvalue weighted by molar-refractivity contribution is -0.155. The van der Waals surface area contributed by atoms with Crippen LogP contribution < -0.4 is 0 Å². The number of carbonyl (C=O) groups is 3. The van der Waals surface area contributed by atoms with Gasteiger partial charge in [-0.1, -0.05) is 53.0 Å². The topological polar surface area (TPSA) is 57.7 Å². The van der Waals surface area contributed by atoms with Gasteiger partial charge >= 0.3 is 0 Å². The summed E-state index contributed by atoms with van der Waals surface area (Å²) in [4.78, 5) is 39.6. The third-order valence-electron chi connectivity index (χ3n) is 5.37. The van der Waals surface area contributed by atoms with E-state index in [0.29, 0.717) is 39.0 Å². The van der Waals surface area contributed by atoms with Crippen molar-refractivity contribution in [2.24, 2.45) is 11.8 Å². The third-order valence-corrected chi connectivity index (χ3v) is 6.36. The van der Waals surface area contributed by atoms with E-state index in [1.54, 1.807) is 42.5 Å². The largest absolute Gasteiger partial charge is 0.273 e. The molecule has 0 spiro atoms. The van der Waals surface area contributed by atoms with Crippen molar-refractivity contribution in [3.8, 4) is 0 Å². The van der Waals surface area contributed by atoms with Gasteiger partial charge in [0.15, 0.2) is 0 Å². The maximum absolute atomic E-state index is 13.4. The smallest absolute Gasteiger partial charge is 0.272 e. The molecule has 2 aliphatic rings. The number of fused-ring (bicyclic) bond motifs is 1. The molecule has 4 rings (SSSR count). The summed E-state index contributed by atoms with van der Waals surface area (Å²) in [6.45, 7) is -0.0112. The molecule has 0 saturated carbocycles. The SMILES string of the molecule is O=C(c1ccc(Cl)cc1)N(Cc1ccc(Cl)c(Cl)c1)N1C(=O)C2CC=CCC2C1=O. The number of amides is 3. The Morgan fingerprint density at radius 2 is 1.50 bits per heavy atom. The summed E-state index contributed by atoms with van der Waals surface area (Å²) in [5, 5.41) is 3.37. The summed E-state index contributed by atoms with van der Waals surface area (Å²) in [6, 6.07) is 11.2. The molecular weight excluding hydrogens is 447 g/mol.